The number of carbonyl (C=O) groups is 1. The second-order valence-corrected chi connectivity index (χ2v) is 2.74. The summed E-state index contributed by atoms with van der Waals surface area (Å²) in [6.07, 6.45) is -9.00. The highest BCUT2D eigenvalue weighted by Gasteiger charge is 2.43. The van der Waals surface area contributed by atoms with E-state index >= 15 is 0 Å². The molecule has 0 aromatic rings. The molecule has 0 unspecified atom stereocenters. The van der Waals surface area contributed by atoms with E-state index in [9.17, 15) is 9.90 Å². The van der Waals surface area contributed by atoms with Crippen LogP contribution in [0.5, 0.6) is 0 Å². The zero-order valence-electron chi connectivity index (χ0n) is 6.40. The van der Waals surface area contributed by atoms with E-state index in [1.165, 1.54) is 0 Å². The van der Waals surface area contributed by atoms with Crippen molar-refractivity contribution in [2.24, 2.45) is 0 Å². The fourth-order valence-corrected chi connectivity index (χ4v) is 1.06. The van der Waals surface area contributed by atoms with E-state index in [1.807, 2.05) is 0 Å². The van der Waals surface area contributed by atoms with Gasteiger partial charge in [-0.25, -0.2) is 0 Å². The lowest BCUT2D eigenvalue weighted by molar-refractivity contribution is -0.345. The van der Waals surface area contributed by atoms with Gasteiger partial charge in [-0.2, -0.15) is 0 Å². The van der Waals surface area contributed by atoms with Crippen molar-refractivity contribution in [1.29, 1.82) is 0 Å². The molecule has 7 heteroatoms. The van der Waals surface area contributed by atoms with Crippen LogP contribution in [0.3, 0.4) is 0 Å². The number of carboxylic acids is 1. The Bertz CT molecular complexity index is 205. The smallest absolute Gasteiger partial charge is 0.184 e. The third-order valence-electron chi connectivity index (χ3n) is 1.82. The van der Waals surface area contributed by atoms with Crippen LogP contribution in [-0.2, 0) is 9.53 Å². The molecule has 0 bridgehead atoms. The van der Waals surface area contributed by atoms with E-state index in [4.69, 9.17) is 20.4 Å². The summed E-state index contributed by atoms with van der Waals surface area (Å²) in [5.74, 6) is -1.77. The van der Waals surface area contributed by atoms with Gasteiger partial charge in [0, 0.05) is 0 Å². The van der Waals surface area contributed by atoms with Crippen molar-refractivity contribution in [2.45, 2.75) is 30.7 Å². The number of rotatable bonds is 1. The second-order valence-electron chi connectivity index (χ2n) is 2.74. The van der Waals surface area contributed by atoms with Gasteiger partial charge in [-0.15, -0.1) is 0 Å². The maximum Gasteiger partial charge on any atom is 0.184 e. The second kappa shape index (κ2) is 3.56. The zero-order chi connectivity index (χ0) is 10.2. The molecule has 0 amide bonds. The van der Waals surface area contributed by atoms with E-state index in [0.717, 1.165) is 0 Å². The molecule has 13 heavy (non-hydrogen) atoms. The molecule has 0 saturated carbocycles. The molecule has 0 aromatic carbocycles. The molecule has 1 aliphatic heterocycles. The Balaban J connectivity index is 2.76. The van der Waals surface area contributed by atoms with Crippen molar-refractivity contribution in [3.8, 4) is 0 Å². The summed E-state index contributed by atoms with van der Waals surface area (Å²) < 4.78 is 4.28. The van der Waals surface area contributed by atoms with Gasteiger partial charge >= 0.3 is 0 Å². The van der Waals surface area contributed by atoms with Crippen molar-refractivity contribution in [1.82, 2.24) is 0 Å². The van der Waals surface area contributed by atoms with Crippen LogP contribution in [0.2, 0.25) is 0 Å². The molecular formula is C6H9O7-. The Morgan fingerprint density at radius 1 is 1.08 bits per heavy atom. The number of aliphatic carboxylic acids is 1. The van der Waals surface area contributed by atoms with Crippen LogP contribution in [0.1, 0.15) is 0 Å². The fraction of sp³-hybridized carbons (Fsp3) is 0.833. The predicted molar refractivity (Wildman–Crippen MR) is 33.9 cm³/mol. The number of aliphatic hydroxyl groups excluding tert-OH is 4. The Hall–Kier alpha value is -0.730. The van der Waals surface area contributed by atoms with Crippen LogP contribution >= 0.6 is 0 Å². The third-order valence-corrected chi connectivity index (χ3v) is 1.82. The number of hydrogen-bond acceptors (Lipinski definition) is 7. The first-order valence-corrected chi connectivity index (χ1v) is 3.53. The standard InChI is InChI=1S/C6H10O7/c7-1-2(8)4(5(10)11)13-6(12)3(1)9/h1-4,6-9,12H,(H,10,11)/p-1/t1-,2+,3+,4+,6+/m1/s1. The van der Waals surface area contributed by atoms with Crippen molar-refractivity contribution >= 4 is 5.97 Å². The number of aliphatic hydroxyl groups is 4. The van der Waals surface area contributed by atoms with Crippen LogP contribution in [0.4, 0.5) is 0 Å². The van der Waals surface area contributed by atoms with Gasteiger partial charge in [0.15, 0.2) is 6.29 Å². The molecule has 0 aliphatic carbocycles. The van der Waals surface area contributed by atoms with Crippen LogP contribution in [0.25, 0.3) is 0 Å². The topological polar surface area (TPSA) is 130 Å². The van der Waals surface area contributed by atoms with Gasteiger partial charge in [0.25, 0.3) is 0 Å². The number of hydrogen-bond donors (Lipinski definition) is 4. The molecule has 4 N–H and O–H groups in total. The fourth-order valence-electron chi connectivity index (χ4n) is 1.06. The van der Waals surface area contributed by atoms with Gasteiger partial charge in [0.05, 0.1) is 5.97 Å². The van der Waals surface area contributed by atoms with Crippen molar-refractivity contribution < 1.29 is 35.1 Å². The normalized spacial score (nSPS) is 46.0. The van der Waals surface area contributed by atoms with Gasteiger partial charge in [0.1, 0.15) is 24.4 Å². The minimum absolute atomic E-state index is 1.73. The zero-order valence-corrected chi connectivity index (χ0v) is 6.40. The first-order chi connectivity index (χ1) is 5.95. The highest BCUT2D eigenvalue weighted by molar-refractivity contribution is 5.71. The minimum atomic E-state index is -1.85. The van der Waals surface area contributed by atoms with E-state index in [2.05, 4.69) is 4.74 Å². The third kappa shape index (κ3) is 1.79. The molecule has 0 radical (unpaired) electrons. The monoisotopic (exact) mass is 193 g/mol. The first-order valence-electron chi connectivity index (χ1n) is 3.53. The molecule has 5 atom stereocenters. The Morgan fingerprint density at radius 2 is 1.62 bits per heavy atom. The van der Waals surface area contributed by atoms with E-state index in [0.29, 0.717) is 0 Å². The molecule has 0 aromatic heterocycles. The number of carboxylic acid groups (broad SMARTS) is 1. The van der Waals surface area contributed by atoms with E-state index in [1.54, 1.807) is 0 Å². The molecule has 76 valence electrons. The van der Waals surface area contributed by atoms with Crippen LogP contribution < -0.4 is 5.11 Å². The molecule has 7 nitrogen and oxygen atoms in total. The van der Waals surface area contributed by atoms with Crippen molar-refractivity contribution in [2.75, 3.05) is 0 Å². The van der Waals surface area contributed by atoms with Crippen LogP contribution in [0.15, 0.2) is 0 Å². The SMILES string of the molecule is O=C([O-])[C@H]1O[C@H](O)[C@@H](O)[C@H](O)[C@@H]1O. The molecule has 1 aliphatic rings. The Kier molecular flexibility index (Phi) is 2.84. The minimum Gasteiger partial charge on any atom is -0.547 e. The van der Waals surface area contributed by atoms with Crippen molar-refractivity contribution in [3.63, 3.8) is 0 Å². The maximum atomic E-state index is 10.3. The van der Waals surface area contributed by atoms with Gasteiger partial charge in [-0.3, -0.25) is 0 Å². The van der Waals surface area contributed by atoms with Gasteiger partial charge in [-0.05, 0) is 0 Å². The van der Waals surface area contributed by atoms with Crippen LogP contribution in [0, 0.1) is 0 Å². The lowest BCUT2D eigenvalue weighted by Crippen LogP contribution is -2.62. The van der Waals surface area contributed by atoms with Gasteiger partial charge in [-0.1, -0.05) is 0 Å². The summed E-state index contributed by atoms with van der Waals surface area (Å²) in [4.78, 5) is 10.3. The van der Waals surface area contributed by atoms with E-state index < -0.39 is 36.7 Å². The molecule has 1 fully saturated rings. The van der Waals surface area contributed by atoms with Gasteiger partial charge < -0.3 is 35.1 Å². The quantitative estimate of drug-likeness (QED) is 0.330. The maximum absolute atomic E-state index is 10.3. The average Bonchev–Trinajstić information content (AvgIpc) is 2.07. The summed E-state index contributed by atoms with van der Waals surface area (Å²) in [6.45, 7) is 0. The number of carbonyl (C=O) groups excluding carboxylic acids is 1. The summed E-state index contributed by atoms with van der Waals surface area (Å²) in [7, 11) is 0. The average molecular weight is 193 g/mol. The summed E-state index contributed by atoms with van der Waals surface area (Å²) in [5.41, 5.74) is 0. The molecule has 1 saturated heterocycles. The Labute approximate surface area is 72.8 Å². The first kappa shape index (κ1) is 10.4. The van der Waals surface area contributed by atoms with Crippen molar-refractivity contribution in [3.05, 3.63) is 0 Å². The lowest BCUT2D eigenvalue weighted by Gasteiger charge is -2.38. The predicted octanol–water partition coefficient (Wildman–Crippen LogP) is -4.46. The number of ether oxygens (including phenoxy) is 1. The molecule has 1 heterocycles. The van der Waals surface area contributed by atoms with E-state index in [-0.39, 0.29) is 0 Å². The highest BCUT2D eigenvalue weighted by Crippen LogP contribution is 2.19. The molecule has 1 rings (SSSR count). The Morgan fingerprint density at radius 3 is 2.08 bits per heavy atom. The van der Waals surface area contributed by atoms with Gasteiger partial charge in [0.2, 0.25) is 0 Å². The summed E-state index contributed by atoms with van der Waals surface area (Å²) >= 11 is 0. The summed E-state index contributed by atoms with van der Waals surface area (Å²) in [6, 6.07) is 0. The largest absolute Gasteiger partial charge is 0.547 e. The summed E-state index contributed by atoms with van der Waals surface area (Å²) in [5, 5.41) is 46.1. The highest BCUT2D eigenvalue weighted by atomic mass is 16.6. The molecule has 0 spiro atoms. The molecular weight excluding hydrogens is 184 g/mol. The lowest BCUT2D eigenvalue weighted by atomic mass is 9.99. The van der Waals surface area contributed by atoms with Crippen LogP contribution in [-0.4, -0.2) is 57.1 Å².